The molecular formula is C26H22F3N7O4S2. The molecule has 0 bridgehead atoms. The molecule has 0 unspecified atom stereocenters. The van der Waals surface area contributed by atoms with Gasteiger partial charge in [-0.3, -0.25) is 4.79 Å². The second kappa shape index (κ2) is 10.8. The van der Waals surface area contributed by atoms with Crippen LogP contribution < -0.4 is 15.0 Å². The van der Waals surface area contributed by atoms with E-state index in [1.807, 2.05) is 46.0 Å². The summed E-state index contributed by atoms with van der Waals surface area (Å²) in [5.41, 5.74) is 2.25. The normalized spacial score (nSPS) is 16.6. The Labute approximate surface area is 241 Å². The number of rotatable bonds is 7. The van der Waals surface area contributed by atoms with Gasteiger partial charge in [0.25, 0.3) is 0 Å². The minimum Gasteiger partial charge on any atom is -0.406 e. The number of halogens is 3. The van der Waals surface area contributed by atoms with Crippen LogP contribution in [0.15, 0.2) is 78.3 Å². The number of carbonyl (C=O) groups is 1. The summed E-state index contributed by atoms with van der Waals surface area (Å²) < 4.78 is 72.8. The third-order valence-corrected chi connectivity index (χ3v) is 9.62. The summed E-state index contributed by atoms with van der Waals surface area (Å²) in [6.07, 6.45) is 1.83. The summed E-state index contributed by atoms with van der Waals surface area (Å²) in [7, 11) is -4.28. The van der Waals surface area contributed by atoms with Crippen molar-refractivity contribution >= 4 is 48.3 Å². The van der Waals surface area contributed by atoms with Gasteiger partial charge in [0.05, 0.1) is 9.60 Å². The van der Waals surface area contributed by atoms with Crippen LogP contribution in [0.3, 0.4) is 0 Å². The summed E-state index contributed by atoms with van der Waals surface area (Å²) in [6, 6.07) is 10.3. The van der Waals surface area contributed by atoms with Crippen LogP contribution in [0.25, 0.3) is 15.9 Å². The van der Waals surface area contributed by atoms with Gasteiger partial charge in [-0.15, -0.1) is 13.2 Å². The Kier molecular flexibility index (Phi) is 7.20. The molecule has 1 aliphatic heterocycles. The van der Waals surface area contributed by atoms with E-state index < -0.39 is 34.1 Å². The average molecular weight is 618 g/mol. The van der Waals surface area contributed by atoms with Crippen molar-refractivity contribution in [3.8, 4) is 5.75 Å². The molecule has 42 heavy (non-hydrogen) atoms. The van der Waals surface area contributed by atoms with E-state index in [0.29, 0.717) is 10.8 Å². The van der Waals surface area contributed by atoms with Gasteiger partial charge < -0.3 is 19.4 Å². The lowest BCUT2D eigenvalue weighted by molar-refractivity contribution is -0.274. The van der Waals surface area contributed by atoms with Gasteiger partial charge in [-0.2, -0.15) is 9.29 Å². The highest BCUT2D eigenvalue weighted by atomic mass is 32.2. The van der Waals surface area contributed by atoms with Crippen LogP contribution in [0.4, 0.5) is 18.3 Å². The fraction of sp³-hybridized carbons (Fsp3) is 0.231. The number of hydrogen-bond acceptors (Lipinski definition) is 9. The highest BCUT2D eigenvalue weighted by Crippen LogP contribution is 2.31. The molecule has 5 aromatic rings. The molecule has 0 aliphatic carbocycles. The first kappa shape index (κ1) is 27.9. The molecule has 1 amide bonds. The minimum absolute atomic E-state index is 0.00861. The van der Waals surface area contributed by atoms with E-state index in [0.717, 1.165) is 44.4 Å². The van der Waals surface area contributed by atoms with Gasteiger partial charge in [0, 0.05) is 50.3 Å². The topological polar surface area (TPSA) is 122 Å². The molecule has 6 rings (SSSR count). The maximum absolute atomic E-state index is 13.7. The van der Waals surface area contributed by atoms with Crippen LogP contribution >= 0.6 is 11.3 Å². The Balaban J connectivity index is 1.27. The number of ether oxygens (including phenoxy) is 1. The van der Waals surface area contributed by atoms with Gasteiger partial charge >= 0.3 is 6.36 Å². The molecule has 4 aromatic heterocycles. The van der Waals surface area contributed by atoms with Crippen molar-refractivity contribution in [2.24, 2.45) is 0 Å². The number of nitrogens with one attached hydrogen (secondary N) is 1. The lowest BCUT2D eigenvalue weighted by atomic mass is 10.2. The van der Waals surface area contributed by atoms with Crippen LogP contribution in [-0.2, 0) is 21.4 Å². The van der Waals surface area contributed by atoms with E-state index in [4.69, 9.17) is 0 Å². The zero-order valence-corrected chi connectivity index (χ0v) is 23.2. The molecule has 218 valence electrons. The van der Waals surface area contributed by atoms with Crippen LogP contribution in [0.5, 0.6) is 5.75 Å². The van der Waals surface area contributed by atoms with Crippen molar-refractivity contribution in [3.05, 3.63) is 79.0 Å². The molecule has 0 saturated carbocycles. The van der Waals surface area contributed by atoms with Gasteiger partial charge in [-0.25, -0.2) is 18.4 Å². The second-order valence-electron chi connectivity index (χ2n) is 9.40. The predicted molar refractivity (Wildman–Crippen MR) is 147 cm³/mol. The zero-order chi connectivity index (χ0) is 29.5. The van der Waals surface area contributed by atoms with Gasteiger partial charge in [0.15, 0.2) is 10.8 Å². The lowest BCUT2D eigenvalue weighted by Gasteiger charge is -2.39. The molecule has 16 heteroatoms. The third kappa shape index (κ3) is 5.73. The Hall–Kier alpha value is -4.28. The number of nitrogens with zero attached hydrogens (tertiary/aromatic N) is 6. The van der Waals surface area contributed by atoms with E-state index >= 15 is 0 Å². The summed E-state index contributed by atoms with van der Waals surface area (Å²) in [5, 5.41) is 3.41. The minimum atomic E-state index is -4.92. The molecule has 1 aromatic carbocycles. The standard InChI is InChI=1S/C26H22F3N7O4S2/c27-26(28,29)40-19-4-6-20(7-5-19)42(38,39)36-10-9-35(25-33-23-22(41-25)13-30-16-32-23)15-21(36)24(37)31-12-17-11-18-3-1-2-8-34(18)14-17/h1-8,11,13-14,16,21H,9-10,12,15H2,(H,31,37)/t21-/m1/s1. The molecular weight excluding hydrogens is 595 g/mol. The van der Waals surface area contributed by atoms with Crippen LogP contribution in [0, 0.1) is 0 Å². The Morgan fingerprint density at radius 3 is 2.69 bits per heavy atom. The third-order valence-electron chi connectivity index (χ3n) is 6.66. The van der Waals surface area contributed by atoms with Gasteiger partial charge in [0.1, 0.15) is 18.1 Å². The highest BCUT2D eigenvalue weighted by molar-refractivity contribution is 7.89. The molecule has 1 N–H and O–H groups in total. The van der Waals surface area contributed by atoms with E-state index in [9.17, 15) is 26.4 Å². The number of alkyl halides is 3. The number of hydrogen-bond donors (Lipinski definition) is 1. The van der Waals surface area contributed by atoms with Gasteiger partial charge in [0.2, 0.25) is 15.9 Å². The zero-order valence-electron chi connectivity index (χ0n) is 21.6. The number of fused-ring (bicyclic) bond motifs is 2. The van der Waals surface area contributed by atoms with E-state index in [2.05, 4.69) is 25.0 Å². The predicted octanol–water partition coefficient (Wildman–Crippen LogP) is 3.43. The number of pyridine rings is 1. The first-order valence-electron chi connectivity index (χ1n) is 12.6. The van der Waals surface area contributed by atoms with Crippen LogP contribution in [0.1, 0.15) is 5.56 Å². The Morgan fingerprint density at radius 1 is 1.14 bits per heavy atom. The Bertz CT molecular complexity index is 1790. The molecule has 11 nitrogen and oxygen atoms in total. The van der Waals surface area contributed by atoms with Crippen LogP contribution in [0.2, 0.25) is 0 Å². The van der Waals surface area contributed by atoms with E-state index in [1.165, 1.54) is 17.7 Å². The fourth-order valence-electron chi connectivity index (χ4n) is 4.72. The maximum Gasteiger partial charge on any atom is 0.573 e. The molecule has 0 radical (unpaired) electrons. The number of amides is 1. The molecule has 1 atom stereocenters. The van der Waals surface area contributed by atoms with Crippen molar-refractivity contribution in [1.82, 2.24) is 29.0 Å². The fourth-order valence-corrected chi connectivity index (χ4v) is 7.22. The second-order valence-corrected chi connectivity index (χ2v) is 12.3. The number of piperazine rings is 1. The average Bonchev–Trinajstić information content (AvgIpc) is 3.59. The SMILES string of the molecule is O=C(NCc1cc2ccccn2c1)[C@H]1CN(c2nc3ncncc3s2)CCN1S(=O)(=O)c1ccc(OC(F)(F)F)cc1. The van der Waals surface area contributed by atoms with Crippen molar-refractivity contribution < 1.29 is 31.1 Å². The maximum atomic E-state index is 13.7. The Morgan fingerprint density at radius 2 is 1.95 bits per heavy atom. The summed E-state index contributed by atoms with van der Waals surface area (Å²) in [4.78, 5) is 27.8. The van der Waals surface area contributed by atoms with Gasteiger partial charge in [-0.05, 0) is 48.0 Å². The quantitative estimate of drug-likeness (QED) is 0.295. The first-order valence-corrected chi connectivity index (χ1v) is 14.8. The van der Waals surface area contributed by atoms with Crippen molar-refractivity contribution in [1.29, 1.82) is 0 Å². The highest BCUT2D eigenvalue weighted by Gasteiger charge is 2.41. The smallest absolute Gasteiger partial charge is 0.406 e. The molecule has 1 saturated heterocycles. The molecule has 1 fully saturated rings. The molecule has 5 heterocycles. The monoisotopic (exact) mass is 617 g/mol. The number of sulfonamides is 1. The van der Waals surface area contributed by atoms with Crippen molar-refractivity contribution in [2.45, 2.75) is 23.8 Å². The van der Waals surface area contributed by atoms with E-state index in [-0.39, 0.29) is 31.1 Å². The van der Waals surface area contributed by atoms with Crippen molar-refractivity contribution in [2.75, 3.05) is 24.5 Å². The number of thiazole rings is 1. The summed E-state index contributed by atoms with van der Waals surface area (Å²) >= 11 is 1.32. The molecule has 0 spiro atoms. The number of carbonyl (C=O) groups excluding carboxylic acids is 1. The number of anilines is 1. The van der Waals surface area contributed by atoms with E-state index in [1.54, 1.807) is 6.20 Å². The lowest BCUT2D eigenvalue weighted by Crippen LogP contribution is -2.60. The molecule has 1 aliphatic rings. The first-order chi connectivity index (χ1) is 20.1. The van der Waals surface area contributed by atoms with Crippen molar-refractivity contribution in [3.63, 3.8) is 0 Å². The number of benzene rings is 1. The summed E-state index contributed by atoms with van der Waals surface area (Å²) in [6.45, 7) is 0.297. The largest absolute Gasteiger partial charge is 0.573 e. The van der Waals surface area contributed by atoms with Crippen LogP contribution in [-0.4, -0.2) is 70.0 Å². The summed E-state index contributed by atoms with van der Waals surface area (Å²) in [5.74, 6) is -1.09. The number of aromatic nitrogens is 4. The van der Waals surface area contributed by atoms with Gasteiger partial charge in [-0.1, -0.05) is 17.4 Å².